The van der Waals surface area contributed by atoms with Crippen molar-refractivity contribution < 1.29 is 49.8 Å². The van der Waals surface area contributed by atoms with Crippen LogP contribution in [-0.2, 0) is 24.4 Å². The molecular formula is C32H28F8N4O4. The van der Waals surface area contributed by atoms with Crippen molar-refractivity contribution in [2.24, 2.45) is 7.05 Å². The number of fused-ring (bicyclic) bond motifs is 1. The van der Waals surface area contributed by atoms with E-state index in [4.69, 9.17) is 0 Å². The Bertz CT molecular complexity index is 1950. The molecule has 48 heavy (non-hydrogen) atoms. The average Bonchev–Trinajstić information content (AvgIpc) is 2.97. The number of rotatable bonds is 9. The Hall–Kier alpha value is -5.02. The van der Waals surface area contributed by atoms with Crippen molar-refractivity contribution >= 4 is 28.5 Å². The maximum Gasteiger partial charge on any atom is 0.417 e. The van der Waals surface area contributed by atoms with Crippen molar-refractivity contribution in [1.29, 1.82) is 0 Å². The molecule has 2 aromatic heterocycles. The summed E-state index contributed by atoms with van der Waals surface area (Å²) in [6.07, 6.45) is -10.7. The zero-order chi connectivity index (χ0) is 35.9. The lowest BCUT2D eigenvalue weighted by molar-refractivity contribution is -0.143. The molecule has 0 aliphatic rings. The number of carbonyl (C=O) groups is 2. The Kier molecular flexibility index (Phi) is 9.88. The SMILES string of the molecule is CC[C@@H](Nc1cc(F)c(C(=O)N[C@@H](Cc2ccc(-c3c(C(F)(F)F)cc(C)n(C)c3=O)c3nc(C)ccc23)C(=O)O)c(F)c1)C(F)(F)F. The molecule has 2 aromatic carbocycles. The normalized spacial score (nSPS) is 13.3. The summed E-state index contributed by atoms with van der Waals surface area (Å²) < 4.78 is 112. The van der Waals surface area contributed by atoms with E-state index in [0.717, 1.165) is 10.6 Å². The molecule has 256 valence electrons. The van der Waals surface area contributed by atoms with Gasteiger partial charge in [-0.3, -0.25) is 14.6 Å². The molecule has 0 spiro atoms. The van der Waals surface area contributed by atoms with E-state index >= 15 is 0 Å². The summed E-state index contributed by atoms with van der Waals surface area (Å²) in [5.74, 6) is -6.31. The highest BCUT2D eigenvalue weighted by Crippen LogP contribution is 2.39. The molecule has 2 atom stereocenters. The first-order valence-corrected chi connectivity index (χ1v) is 14.3. The number of aliphatic carboxylic acids is 1. The lowest BCUT2D eigenvalue weighted by Gasteiger charge is -2.22. The molecule has 2 heterocycles. The lowest BCUT2D eigenvalue weighted by Crippen LogP contribution is -2.43. The molecule has 0 aliphatic heterocycles. The third kappa shape index (κ3) is 7.26. The Morgan fingerprint density at radius 2 is 1.60 bits per heavy atom. The van der Waals surface area contributed by atoms with Crippen LogP contribution in [0.5, 0.6) is 0 Å². The minimum atomic E-state index is -4.92. The Morgan fingerprint density at radius 3 is 2.15 bits per heavy atom. The van der Waals surface area contributed by atoms with Crippen LogP contribution in [0.25, 0.3) is 22.0 Å². The largest absolute Gasteiger partial charge is 0.480 e. The fourth-order valence-electron chi connectivity index (χ4n) is 5.20. The van der Waals surface area contributed by atoms with Crippen LogP contribution in [0.4, 0.5) is 40.8 Å². The number of nitrogens with one attached hydrogen (secondary N) is 2. The van der Waals surface area contributed by atoms with Crippen molar-refractivity contribution in [3.05, 3.63) is 92.5 Å². The first-order chi connectivity index (χ1) is 22.2. The molecule has 0 saturated heterocycles. The minimum absolute atomic E-state index is 0.0476. The van der Waals surface area contributed by atoms with E-state index in [-0.39, 0.29) is 27.7 Å². The van der Waals surface area contributed by atoms with E-state index in [1.54, 1.807) is 6.92 Å². The molecule has 1 amide bonds. The van der Waals surface area contributed by atoms with Crippen molar-refractivity contribution in [2.45, 2.75) is 58.0 Å². The Labute approximate surface area is 267 Å². The third-order valence-corrected chi connectivity index (χ3v) is 7.77. The van der Waals surface area contributed by atoms with Crippen LogP contribution in [0, 0.1) is 25.5 Å². The summed E-state index contributed by atoms with van der Waals surface area (Å²) >= 11 is 0. The number of anilines is 1. The second-order valence-corrected chi connectivity index (χ2v) is 11.1. The number of benzene rings is 2. The van der Waals surface area contributed by atoms with Gasteiger partial charge >= 0.3 is 18.3 Å². The van der Waals surface area contributed by atoms with E-state index in [9.17, 15) is 54.6 Å². The zero-order valence-corrected chi connectivity index (χ0v) is 25.7. The van der Waals surface area contributed by atoms with Crippen molar-refractivity contribution in [2.75, 3.05) is 5.32 Å². The summed E-state index contributed by atoms with van der Waals surface area (Å²) in [5, 5.41) is 14.0. The number of hydrogen-bond acceptors (Lipinski definition) is 5. The highest BCUT2D eigenvalue weighted by molar-refractivity contribution is 5.99. The highest BCUT2D eigenvalue weighted by Gasteiger charge is 2.39. The molecule has 16 heteroatoms. The monoisotopic (exact) mass is 684 g/mol. The van der Waals surface area contributed by atoms with Gasteiger partial charge in [0.2, 0.25) is 0 Å². The Balaban J connectivity index is 1.73. The van der Waals surface area contributed by atoms with Gasteiger partial charge in [-0.15, -0.1) is 0 Å². The van der Waals surface area contributed by atoms with Gasteiger partial charge in [0, 0.05) is 41.5 Å². The van der Waals surface area contributed by atoms with E-state index < -0.39 is 88.7 Å². The summed E-state index contributed by atoms with van der Waals surface area (Å²) in [6.45, 7) is 4.08. The predicted molar refractivity (Wildman–Crippen MR) is 160 cm³/mol. The van der Waals surface area contributed by atoms with Gasteiger partial charge in [-0.25, -0.2) is 13.6 Å². The molecule has 8 nitrogen and oxygen atoms in total. The van der Waals surface area contributed by atoms with Crippen LogP contribution in [0.1, 0.15) is 46.2 Å². The molecule has 0 saturated carbocycles. The smallest absolute Gasteiger partial charge is 0.417 e. The molecular weight excluding hydrogens is 656 g/mol. The van der Waals surface area contributed by atoms with Gasteiger partial charge in [-0.05, 0) is 50.1 Å². The Morgan fingerprint density at radius 1 is 0.979 bits per heavy atom. The van der Waals surface area contributed by atoms with Crippen LogP contribution in [0.3, 0.4) is 0 Å². The van der Waals surface area contributed by atoms with E-state index in [1.165, 1.54) is 45.2 Å². The first kappa shape index (κ1) is 35.8. The number of carbonyl (C=O) groups excluding carboxylic acids is 1. The van der Waals surface area contributed by atoms with Gasteiger partial charge in [0.25, 0.3) is 11.5 Å². The van der Waals surface area contributed by atoms with Gasteiger partial charge < -0.3 is 20.3 Å². The van der Waals surface area contributed by atoms with Crippen LogP contribution in [0.2, 0.25) is 0 Å². The topological polar surface area (TPSA) is 113 Å². The fraction of sp³-hybridized carbons (Fsp3) is 0.312. The number of carboxylic acid groups (broad SMARTS) is 1. The maximum absolute atomic E-state index is 14.9. The quantitative estimate of drug-likeness (QED) is 0.169. The van der Waals surface area contributed by atoms with Gasteiger partial charge in [-0.1, -0.05) is 25.1 Å². The molecule has 3 N–H and O–H groups in total. The zero-order valence-electron chi connectivity index (χ0n) is 25.7. The molecule has 4 rings (SSSR count). The molecule has 0 unspecified atom stereocenters. The number of amides is 1. The minimum Gasteiger partial charge on any atom is -0.480 e. The van der Waals surface area contributed by atoms with Crippen LogP contribution < -0.4 is 16.2 Å². The number of carboxylic acids is 1. The summed E-state index contributed by atoms with van der Waals surface area (Å²) in [6, 6.07) is 3.12. The molecule has 0 aliphatic carbocycles. The van der Waals surface area contributed by atoms with Crippen molar-refractivity contribution in [1.82, 2.24) is 14.9 Å². The molecule has 4 aromatic rings. The molecule has 0 fully saturated rings. The molecule has 0 bridgehead atoms. The fourth-order valence-corrected chi connectivity index (χ4v) is 5.20. The highest BCUT2D eigenvalue weighted by atomic mass is 19.4. The van der Waals surface area contributed by atoms with Gasteiger partial charge in [0.15, 0.2) is 0 Å². The maximum atomic E-state index is 14.9. The van der Waals surface area contributed by atoms with Gasteiger partial charge in [-0.2, -0.15) is 26.3 Å². The number of hydrogen-bond donors (Lipinski definition) is 3. The number of halogens is 8. The second kappa shape index (κ2) is 13.2. The second-order valence-electron chi connectivity index (χ2n) is 11.1. The number of nitrogens with zero attached hydrogens (tertiary/aromatic N) is 2. The van der Waals surface area contributed by atoms with Crippen molar-refractivity contribution in [3.8, 4) is 11.1 Å². The number of pyridine rings is 2. The van der Waals surface area contributed by atoms with E-state index in [2.05, 4.69) is 4.98 Å². The van der Waals surface area contributed by atoms with Crippen LogP contribution in [-0.4, -0.2) is 44.8 Å². The third-order valence-electron chi connectivity index (χ3n) is 7.77. The van der Waals surface area contributed by atoms with Crippen molar-refractivity contribution in [3.63, 3.8) is 0 Å². The van der Waals surface area contributed by atoms with E-state index in [0.29, 0.717) is 17.8 Å². The van der Waals surface area contributed by atoms with Crippen LogP contribution in [0.15, 0.2) is 47.3 Å². The summed E-state index contributed by atoms with van der Waals surface area (Å²) in [5.41, 5.74) is -4.41. The average molecular weight is 685 g/mol. The summed E-state index contributed by atoms with van der Waals surface area (Å²) in [7, 11) is 1.30. The van der Waals surface area contributed by atoms with Crippen LogP contribution >= 0.6 is 0 Å². The predicted octanol–water partition coefficient (Wildman–Crippen LogP) is 6.69. The lowest BCUT2D eigenvalue weighted by atomic mass is 9.93. The molecule has 0 radical (unpaired) electrons. The van der Waals surface area contributed by atoms with Gasteiger partial charge in [0.1, 0.15) is 29.3 Å². The number of aryl methyl sites for hydroxylation is 2. The number of alkyl halides is 6. The first-order valence-electron chi connectivity index (χ1n) is 14.3. The van der Waals surface area contributed by atoms with Gasteiger partial charge in [0.05, 0.1) is 16.6 Å². The van der Waals surface area contributed by atoms with E-state index in [1.807, 2.05) is 10.6 Å². The summed E-state index contributed by atoms with van der Waals surface area (Å²) in [4.78, 5) is 42.6. The number of aromatic nitrogens is 2. The standard InChI is InChI=1S/C32H28F8N4O4/c1-5-24(32(38,39)40)42-17-12-21(33)26(22(34)13-17)28(45)43-23(30(47)48)11-16-7-9-19(27-18(16)8-6-14(2)41-27)25-20(31(35,36)37)10-15(3)44(4)29(25)46/h6-10,12-13,23-24,42H,5,11H2,1-4H3,(H,43,45)(H,47,48)/t23-,24+/m0/s1.